The zero-order valence-corrected chi connectivity index (χ0v) is 14.3. The van der Waals surface area contributed by atoms with E-state index in [-0.39, 0.29) is 113 Å². The van der Waals surface area contributed by atoms with Crippen molar-refractivity contribution in [2.45, 2.75) is 0 Å². The minimum absolute atomic E-state index is 0. The number of hydrogen-bond acceptors (Lipinski definition) is 0. The van der Waals surface area contributed by atoms with Gasteiger partial charge >= 0.3 is 0 Å². The first kappa shape index (κ1) is 37.7. The van der Waals surface area contributed by atoms with Crippen molar-refractivity contribution in [3.8, 4) is 0 Å². The van der Waals surface area contributed by atoms with Gasteiger partial charge in [-0.3, -0.25) is 0 Å². The molecule has 0 aliphatic rings. The number of hydrogen-bond donors (Lipinski definition) is 0. The average molecular weight is 858 g/mol. The monoisotopic (exact) mass is 861 g/mol. The Morgan fingerprint density at radius 3 is 0.400 bits per heavy atom. The second-order valence-electron chi connectivity index (χ2n) is 0. The minimum atomic E-state index is 0. The molecule has 0 heterocycles. The van der Waals surface area contributed by atoms with Crippen molar-refractivity contribution in [2.75, 3.05) is 0 Å². The maximum Gasteiger partial charge on any atom is 0 e. The molecule has 0 spiro atoms. The third-order valence-corrected chi connectivity index (χ3v) is 0. The molecule has 0 fully saturated rings. The van der Waals surface area contributed by atoms with Crippen LogP contribution in [0.25, 0.3) is 0 Å². The standard InChI is InChI=1S/4Ir.Y. The van der Waals surface area contributed by atoms with Crippen molar-refractivity contribution < 1.29 is 113 Å². The molecule has 0 aromatic rings. The molecule has 39 valence electrons. The zero-order valence-electron chi connectivity index (χ0n) is 1.91. The Balaban J connectivity index is 0. The second kappa shape index (κ2) is 25.2. The van der Waals surface area contributed by atoms with Crippen LogP contribution in [0, 0.1) is 0 Å². The molecule has 0 aliphatic heterocycles. The van der Waals surface area contributed by atoms with E-state index < -0.39 is 0 Å². The van der Waals surface area contributed by atoms with Gasteiger partial charge in [-0.05, 0) is 0 Å². The summed E-state index contributed by atoms with van der Waals surface area (Å²) in [7, 11) is 0. The van der Waals surface area contributed by atoms with Gasteiger partial charge in [-0.2, -0.15) is 0 Å². The van der Waals surface area contributed by atoms with Crippen LogP contribution in [0.3, 0.4) is 0 Å². The molecule has 0 aromatic heterocycles. The van der Waals surface area contributed by atoms with E-state index in [0.717, 1.165) is 0 Å². The molecular formula is Ir4Y. The van der Waals surface area contributed by atoms with E-state index in [1.165, 1.54) is 0 Å². The Labute approximate surface area is 111 Å². The molecule has 0 N–H and O–H groups in total. The van der Waals surface area contributed by atoms with E-state index in [9.17, 15) is 0 Å². The van der Waals surface area contributed by atoms with E-state index >= 15 is 0 Å². The van der Waals surface area contributed by atoms with Crippen molar-refractivity contribution in [3.05, 3.63) is 0 Å². The third kappa shape index (κ3) is 18.3. The van der Waals surface area contributed by atoms with Crippen molar-refractivity contribution in [1.82, 2.24) is 0 Å². The molecule has 0 aromatic carbocycles. The molecule has 0 saturated heterocycles. The Bertz CT molecular complexity index is 3.61. The van der Waals surface area contributed by atoms with Gasteiger partial charge in [0.25, 0.3) is 0 Å². The Kier molecular flexibility index (Phi) is 190. The van der Waals surface area contributed by atoms with Crippen molar-refractivity contribution in [1.29, 1.82) is 0 Å². The molecule has 0 saturated carbocycles. The summed E-state index contributed by atoms with van der Waals surface area (Å²) in [6, 6.07) is 0. The second-order valence-corrected chi connectivity index (χ2v) is 0. The first-order valence-corrected chi connectivity index (χ1v) is 0. The van der Waals surface area contributed by atoms with Crippen LogP contribution < -0.4 is 0 Å². The summed E-state index contributed by atoms with van der Waals surface area (Å²) < 4.78 is 0. The van der Waals surface area contributed by atoms with E-state index in [2.05, 4.69) is 0 Å². The predicted octanol–water partition coefficient (Wildman–Crippen LogP) is -0.0125. The maximum atomic E-state index is 0. The summed E-state index contributed by atoms with van der Waals surface area (Å²) in [5.41, 5.74) is 0. The van der Waals surface area contributed by atoms with Crippen molar-refractivity contribution >= 4 is 0 Å². The summed E-state index contributed by atoms with van der Waals surface area (Å²) in [6.07, 6.45) is 0. The van der Waals surface area contributed by atoms with Crippen LogP contribution in [-0.4, -0.2) is 0 Å². The first-order chi connectivity index (χ1) is 0. The van der Waals surface area contributed by atoms with Gasteiger partial charge in [0.05, 0.1) is 0 Å². The Hall–Kier alpha value is 3.70. The molecular weight excluding hydrogens is 858 g/mol. The quantitative estimate of drug-likeness (QED) is 0.322. The Morgan fingerprint density at radius 2 is 0.400 bits per heavy atom. The van der Waals surface area contributed by atoms with E-state index in [1.807, 2.05) is 0 Å². The van der Waals surface area contributed by atoms with Gasteiger partial charge in [0.2, 0.25) is 0 Å². The maximum absolute atomic E-state index is 0. The summed E-state index contributed by atoms with van der Waals surface area (Å²) in [5.74, 6) is 0. The molecule has 5 heavy (non-hydrogen) atoms. The van der Waals surface area contributed by atoms with Crippen LogP contribution in [0.5, 0.6) is 0 Å². The van der Waals surface area contributed by atoms with Gasteiger partial charge in [-0.1, -0.05) is 0 Å². The molecule has 0 nitrogen and oxygen atoms in total. The van der Waals surface area contributed by atoms with Gasteiger partial charge in [0, 0.05) is 113 Å². The van der Waals surface area contributed by atoms with Crippen LogP contribution in [0.4, 0.5) is 0 Å². The van der Waals surface area contributed by atoms with Crippen LogP contribution in [-0.2, 0) is 113 Å². The number of rotatable bonds is 0. The minimum Gasteiger partial charge on any atom is 0 e. The van der Waals surface area contributed by atoms with Gasteiger partial charge in [0.15, 0.2) is 0 Å². The van der Waals surface area contributed by atoms with E-state index in [0.29, 0.717) is 0 Å². The molecule has 5 heteroatoms. The van der Waals surface area contributed by atoms with E-state index in [1.54, 1.807) is 0 Å². The molecule has 0 amide bonds. The normalized spacial score (nSPS) is 0. The fourth-order valence-electron chi connectivity index (χ4n) is 0. The summed E-state index contributed by atoms with van der Waals surface area (Å²) in [6.45, 7) is 0. The molecule has 5 radical (unpaired) electrons. The van der Waals surface area contributed by atoms with Gasteiger partial charge in [0.1, 0.15) is 0 Å². The van der Waals surface area contributed by atoms with Crippen molar-refractivity contribution in [2.24, 2.45) is 0 Å². The Morgan fingerprint density at radius 1 is 0.400 bits per heavy atom. The van der Waals surface area contributed by atoms with Crippen LogP contribution in [0.1, 0.15) is 0 Å². The van der Waals surface area contributed by atoms with Crippen molar-refractivity contribution in [3.63, 3.8) is 0 Å². The summed E-state index contributed by atoms with van der Waals surface area (Å²) >= 11 is 0. The molecule has 0 atom stereocenters. The predicted molar refractivity (Wildman–Crippen MR) is 0 cm³/mol. The van der Waals surface area contributed by atoms with Crippen LogP contribution in [0.2, 0.25) is 0 Å². The van der Waals surface area contributed by atoms with Gasteiger partial charge < -0.3 is 0 Å². The largest absolute Gasteiger partial charge is 0 e. The fraction of sp³-hybridized carbons (Fsp3) is 0. The van der Waals surface area contributed by atoms with Gasteiger partial charge in [-0.15, -0.1) is 0 Å². The SMILES string of the molecule is [Ir].[Ir].[Ir].[Ir].[Y]. The zero-order chi connectivity index (χ0) is 0. The smallest absolute Gasteiger partial charge is 0 e. The van der Waals surface area contributed by atoms with E-state index in [4.69, 9.17) is 0 Å². The molecule has 0 bridgehead atoms. The summed E-state index contributed by atoms with van der Waals surface area (Å²) in [5, 5.41) is 0. The average Bonchev–Trinajstić information content (AvgIpc) is 0. The van der Waals surface area contributed by atoms with Gasteiger partial charge in [-0.25, -0.2) is 0 Å². The topological polar surface area (TPSA) is 0 Å². The third-order valence-electron chi connectivity index (χ3n) is 0. The molecule has 0 aliphatic carbocycles. The fourth-order valence-corrected chi connectivity index (χ4v) is 0. The van der Waals surface area contributed by atoms with Crippen LogP contribution >= 0.6 is 0 Å². The summed E-state index contributed by atoms with van der Waals surface area (Å²) in [4.78, 5) is 0. The first-order valence-electron chi connectivity index (χ1n) is 0. The van der Waals surface area contributed by atoms with Crippen LogP contribution in [0.15, 0.2) is 0 Å². The molecule has 0 unspecified atom stereocenters. The molecule has 0 rings (SSSR count).